The van der Waals surface area contributed by atoms with Gasteiger partial charge in [-0.15, -0.1) is 0 Å². The van der Waals surface area contributed by atoms with E-state index in [0.717, 1.165) is 16.8 Å². The minimum absolute atomic E-state index is 0.228. The maximum atomic E-state index is 10.8. The highest BCUT2D eigenvalue weighted by atomic mass is 16.5. The van der Waals surface area contributed by atoms with Gasteiger partial charge in [-0.25, -0.2) is 4.79 Å². The Morgan fingerprint density at radius 3 is 2.18 bits per heavy atom. The van der Waals surface area contributed by atoms with Crippen LogP contribution in [0.3, 0.4) is 0 Å². The molecule has 116 valence electrons. The Balaban J connectivity index is 1.87. The second-order valence-corrected chi connectivity index (χ2v) is 5.41. The van der Waals surface area contributed by atoms with Crippen LogP contribution >= 0.6 is 0 Å². The van der Waals surface area contributed by atoms with Gasteiger partial charge in [0.15, 0.2) is 0 Å². The molecule has 0 aromatic heterocycles. The summed E-state index contributed by atoms with van der Waals surface area (Å²) >= 11 is 0. The summed E-state index contributed by atoms with van der Waals surface area (Å²) in [5.74, 6) is -0.904. The van der Waals surface area contributed by atoms with Gasteiger partial charge in [0.2, 0.25) is 0 Å². The van der Waals surface area contributed by atoms with Gasteiger partial charge in [0.05, 0.1) is 18.3 Å². The van der Waals surface area contributed by atoms with E-state index in [-0.39, 0.29) is 6.10 Å². The Kier molecular flexibility index (Phi) is 5.55. The van der Waals surface area contributed by atoms with Crippen molar-refractivity contribution in [3.8, 4) is 0 Å². The van der Waals surface area contributed by atoms with Crippen LogP contribution in [-0.4, -0.2) is 17.2 Å². The number of carboxylic acids is 1. The van der Waals surface area contributed by atoms with Gasteiger partial charge < -0.3 is 15.2 Å². The molecule has 0 amide bonds. The van der Waals surface area contributed by atoms with Crippen LogP contribution < -0.4 is 5.32 Å². The maximum Gasteiger partial charge on any atom is 0.335 e. The minimum Gasteiger partial charge on any atom is -0.478 e. The van der Waals surface area contributed by atoms with Crippen molar-refractivity contribution in [1.82, 2.24) is 0 Å². The molecule has 0 bridgehead atoms. The first kappa shape index (κ1) is 16.0. The highest BCUT2D eigenvalue weighted by molar-refractivity contribution is 5.87. The molecule has 22 heavy (non-hydrogen) atoms. The van der Waals surface area contributed by atoms with Gasteiger partial charge in [0.25, 0.3) is 0 Å². The van der Waals surface area contributed by atoms with Crippen LogP contribution in [0.4, 0.5) is 5.69 Å². The van der Waals surface area contributed by atoms with Crippen LogP contribution in [0.2, 0.25) is 0 Å². The van der Waals surface area contributed by atoms with Crippen molar-refractivity contribution >= 4 is 11.7 Å². The first-order valence-electron chi connectivity index (χ1n) is 7.31. The number of carboxylic acid groups (broad SMARTS) is 1. The van der Waals surface area contributed by atoms with Crippen molar-refractivity contribution in [1.29, 1.82) is 0 Å². The summed E-state index contributed by atoms with van der Waals surface area (Å²) in [7, 11) is 0. The molecule has 2 N–H and O–H groups in total. The second kappa shape index (κ2) is 7.61. The van der Waals surface area contributed by atoms with Crippen molar-refractivity contribution in [2.45, 2.75) is 33.1 Å². The third-order valence-corrected chi connectivity index (χ3v) is 3.23. The monoisotopic (exact) mass is 299 g/mol. The first-order chi connectivity index (χ1) is 10.5. The normalized spacial score (nSPS) is 10.7. The summed E-state index contributed by atoms with van der Waals surface area (Å²) in [6.45, 7) is 5.31. The van der Waals surface area contributed by atoms with Crippen molar-refractivity contribution in [3.63, 3.8) is 0 Å². The van der Waals surface area contributed by atoms with Gasteiger partial charge in [-0.2, -0.15) is 0 Å². The zero-order chi connectivity index (χ0) is 15.9. The van der Waals surface area contributed by atoms with Crippen LogP contribution in [0.1, 0.15) is 35.3 Å². The lowest BCUT2D eigenvalue weighted by Gasteiger charge is -2.10. The summed E-state index contributed by atoms with van der Waals surface area (Å²) in [5.41, 5.74) is 3.51. The molecule has 4 nitrogen and oxygen atoms in total. The zero-order valence-corrected chi connectivity index (χ0v) is 12.9. The zero-order valence-electron chi connectivity index (χ0n) is 12.9. The number of rotatable bonds is 7. The second-order valence-electron chi connectivity index (χ2n) is 5.41. The Morgan fingerprint density at radius 1 is 1.05 bits per heavy atom. The molecule has 0 saturated carbocycles. The molecule has 2 aromatic rings. The summed E-state index contributed by atoms with van der Waals surface area (Å²) in [6, 6.07) is 15.0. The summed E-state index contributed by atoms with van der Waals surface area (Å²) in [5, 5.41) is 12.2. The highest BCUT2D eigenvalue weighted by Crippen LogP contribution is 2.13. The predicted octanol–water partition coefficient (Wildman–Crippen LogP) is 3.92. The van der Waals surface area contributed by atoms with Gasteiger partial charge in [-0.05, 0) is 49.2 Å². The van der Waals surface area contributed by atoms with E-state index in [4.69, 9.17) is 9.84 Å². The summed E-state index contributed by atoms with van der Waals surface area (Å²) in [6.07, 6.45) is 0.228. The molecule has 2 aromatic carbocycles. The third kappa shape index (κ3) is 4.90. The number of hydrogen-bond donors (Lipinski definition) is 2. The fraction of sp³-hybridized carbons (Fsp3) is 0.278. The molecular weight excluding hydrogens is 278 g/mol. The standard InChI is InChI=1S/C18H21NO3/c1-13(2)22-12-15-5-9-17(10-6-15)19-11-14-3-7-16(8-4-14)18(20)21/h3-10,13,19H,11-12H2,1-2H3,(H,20,21). The lowest BCUT2D eigenvalue weighted by molar-refractivity contribution is 0.0657. The summed E-state index contributed by atoms with van der Waals surface area (Å²) < 4.78 is 5.56. The molecule has 0 unspecified atom stereocenters. The summed E-state index contributed by atoms with van der Waals surface area (Å²) in [4.78, 5) is 10.8. The van der Waals surface area contributed by atoms with Crippen molar-refractivity contribution in [2.24, 2.45) is 0 Å². The molecule has 4 heteroatoms. The number of anilines is 1. The van der Waals surface area contributed by atoms with Crippen molar-refractivity contribution in [2.75, 3.05) is 5.32 Å². The van der Waals surface area contributed by atoms with Gasteiger partial charge in [-0.1, -0.05) is 24.3 Å². The van der Waals surface area contributed by atoms with Crippen LogP contribution in [0.15, 0.2) is 48.5 Å². The lowest BCUT2D eigenvalue weighted by Crippen LogP contribution is -2.03. The van der Waals surface area contributed by atoms with E-state index < -0.39 is 5.97 Å². The van der Waals surface area contributed by atoms with E-state index in [1.54, 1.807) is 12.1 Å². The molecule has 0 spiro atoms. The molecule has 0 fully saturated rings. The fourth-order valence-corrected chi connectivity index (χ4v) is 1.95. The van der Waals surface area contributed by atoms with E-state index in [1.807, 2.05) is 50.2 Å². The quantitative estimate of drug-likeness (QED) is 0.813. The molecule has 0 saturated heterocycles. The molecule has 0 radical (unpaired) electrons. The Labute approximate surface area is 130 Å². The Hall–Kier alpha value is -2.33. The Bertz CT molecular complexity index is 603. The molecular formula is C18H21NO3. The predicted molar refractivity (Wildman–Crippen MR) is 87.1 cm³/mol. The maximum absolute atomic E-state index is 10.8. The molecule has 0 atom stereocenters. The topological polar surface area (TPSA) is 58.6 Å². The van der Waals surface area contributed by atoms with E-state index in [1.165, 1.54) is 0 Å². The molecule has 0 heterocycles. The number of nitrogens with one attached hydrogen (secondary N) is 1. The number of benzene rings is 2. The Morgan fingerprint density at radius 2 is 1.64 bits per heavy atom. The number of hydrogen-bond acceptors (Lipinski definition) is 3. The average molecular weight is 299 g/mol. The minimum atomic E-state index is -0.904. The largest absolute Gasteiger partial charge is 0.478 e. The number of carbonyl (C=O) groups is 1. The molecule has 0 aliphatic carbocycles. The molecule has 0 aliphatic heterocycles. The SMILES string of the molecule is CC(C)OCc1ccc(NCc2ccc(C(=O)O)cc2)cc1. The van der Waals surface area contributed by atoms with E-state index in [9.17, 15) is 4.79 Å². The number of ether oxygens (including phenoxy) is 1. The lowest BCUT2D eigenvalue weighted by atomic mass is 10.1. The van der Waals surface area contributed by atoms with Gasteiger partial charge in [0, 0.05) is 12.2 Å². The first-order valence-corrected chi connectivity index (χ1v) is 7.31. The van der Waals surface area contributed by atoms with Crippen LogP contribution in [0.25, 0.3) is 0 Å². The van der Waals surface area contributed by atoms with Gasteiger partial charge in [0.1, 0.15) is 0 Å². The van der Waals surface area contributed by atoms with Crippen molar-refractivity contribution < 1.29 is 14.6 Å². The van der Waals surface area contributed by atoms with Crippen molar-refractivity contribution in [3.05, 3.63) is 65.2 Å². The van der Waals surface area contributed by atoms with Crippen LogP contribution in [-0.2, 0) is 17.9 Å². The smallest absolute Gasteiger partial charge is 0.335 e. The fourth-order valence-electron chi connectivity index (χ4n) is 1.95. The van der Waals surface area contributed by atoms with E-state index >= 15 is 0 Å². The van der Waals surface area contributed by atoms with Gasteiger partial charge >= 0.3 is 5.97 Å². The van der Waals surface area contributed by atoms with Crippen LogP contribution in [0, 0.1) is 0 Å². The van der Waals surface area contributed by atoms with E-state index in [2.05, 4.69) is 5.32 Å². The third-order valence-electron chi connectivity index (χ3n) is 3.23. The van der Waals surface area contributed by atoms with Crippen LogP contribution in [0.5, 0.6) is 0 Å². The number of aromatic carboxylic acids is 1. The average Bonchev–Trinajstić information content (AvgIpc) is 2.52. The highest BCUT2D eigenvalue weighted by Gasteiger charge is 2.02. The molecule has 0 aliphatic rings. The molecule has 2 rings (SSSR count). The van der Waals surface area contributed by atoms with Gasteiger partial charge in [-0.3, -0.25) is 0 Å². The van der Waals surface area contributed by atoms with E-state index in [0.29, 0.717) is 18.7 Å².